The predicted octanol–water partition coefficient (Wildman–Crippen LogP) is 2.08. The Hall–Kier alpha value is -1.50. The van der Waals surface area contributed by atoms with Gasteiger partial charge in [-0.15, -0.1) is 0 Å². The first-order valence-electron chi connectivity index (χ1n) is 4.66. The van der Waals surface area contributed by atoms with Gasteiger partial charge in [-0.05, 0) is 19.8 Å². The highest BCUT2D eigenvalue weighted by molar-refractivity contribution is 5.86. The van der Waals surface area contributed by atoms with Gasteiger partial charge in [0.2, 0.25) is 5.76 Å². The minimum absolute atomic E-state index is 0.205. The van der Waals surface area contributed by atoms with Crippen molar-refractivity contribution in [3.63, 3.8) is 0 Å². The van der Waals surface area contributed by atoms with Gasteiger partial charge in [0, 0.05) is 0 Å². The van der Waals surface area contributed by atoms with Crippen LogP contribution in [0.3, 0.4) is 0 Å². The molecule has 0 bridgehead atoms. The molecular weight excluding hydrogens is 182 g/mol. The molecule has 0 fully saturated rings. The zero-order valence-electron chi connectivity index (χ0n) is 8.54. The number of nitriles is 1. The fourth-order valence-corrected chi connectivity index (χ4v) is 0.996. The Morgan fingerprint density at radius 3 is 2.50 bits per heavy atom. The Labute approximate surface area is 83.8 Å². The van der Waals surface area contributed by atoms with Crippen LogP contribution in [0.5, 0.6) is 0 Å². The summed E-state index contributed by atoms with van der Waals surface area (Å²) in [6.07, 6.45) is 2.19. The first kappa shape index (κ1) is 12.5. The van der Waals surface area contributed by atoms with E-state index in [2.05, 4.69) is 0 Å². The normalized spacial score (nSPS) is 11.5. The maximum absolute atomic E-state index is 10.7. The molecule has 0 atom stereocenters. The number of rotatable bonds is 6. The highest BCUT2D eigenvalue weighted by Crippen LogP contribution is 2.13. The molecular formula is C10H15NO3. The number of carbonyl (C=O) groups is 1. The van der Waals surface area contributed by atoms with Crippen molar-refractivity contribution < 1.29 is 14.6 Å². The van der Waals surface area contributed by atoms with Crippen molar-refractivity contribution in [2.24, 2.45) is 0 Å². The number of allylic oxidation sites excluding steroid dienone is 1. The summed E-state index contributed by atoms with van der Waals surface area (Å²) >= 11 is 0. The van der Waals surface area contributed by atoms with Gasteiger partial charge in [0.15, 0.2) is 0 Å². The lowest BCUT2D eigenvalue weighted by atomic mass is 10.1. The summed E-state index contributed by atoms with van der Waals surface area (Å²) in [7, 11) is 0. The van der Waals surface area contributed by atoms with Gasteiger partial charge in [-0.2, -0.15) is 5.26 Å². The zero-order chi connectivity index (χ0) is 11.0. The lowest BCUT2D eigenvalue weighted by molar-refractivity contribution is -0.136. The monoisotopic (exact) mass is 197 g/mol. The van der Waals surface area contributed by atoms with Crippen LogP contribution in [0.1, 0.15) is 33.1 Å². The highest BCUT2D eigenvalue weighted by Gasteiger charge is 2.15. The zero-order valence-corrected chi connectivity index (χ0v) is 8.54. The van der Waals surface area contributed by atoms with E-state index in [1.807, 2.05) is 13.0 Å². The molecule has 0 spiro atoms. The van der Waals surface area contributed by atoms with E-state index in [4.69, 9.17) is 15.1 Å². The second kappa shape index (κ2) is 6.96. The molecule has 0 heterocycles. The second-order valence-corrected chi connectivity index (χ2v) is 2.76. The lowest BCUT2D eigenvalue weighted by Gasteiger charge is -2.06. The molecule has 0 aromatic heterocycles. The Morgan fingerprint density at radius 2 is 2.14 bits per heavy atom. The van der Waals surface area contributed by atoms with Crippen molar-refractivity contribution >= 4 is 5.97 Å². The van der Waals surface area contributed by atoms with Crippen molar-refractivity contribution in [1.82, 2.24) is 0 Å². The van der Waals surface area contributed by atoms with Crippen LogP contribution < -0.4 is 0 Å². The number of carboxylic acids is 1. The van der Waals surface area contributed by atoms with E-state index in [1.54, 1.807) is 6.92 Å². The molecule has 0 radical (unpaired) electrons. The van der Waals surface area contributed by atoms with E-state index in [1.165, 1.54) is 0 Å². The van der Waals surface area contributed by atoms with E-state index >= 15 is 0 Å². The van der Waals surface area contributed by atoms with Crippen molar-refractivity contribution in [2.45, 2.75) is 33.1 Å². The van der Waals surface area contributed by atoms with Crippen molar-refractivity contribution in [3.8, 4) is 6.07 Å². The van der Waals surface area contributed by atoms with Crippen LogP contribution in [0.4, 0.5) is 0 Å². The molecule has 14 heavy (non-hydrogen) atoms. The van der Waals surface area contributed by atoms with Gasteiger partial charge in [-0.1, -0.05) is 13.3 Å². The van der Waals surface area contributed by atoms with E-state index in [-0.39, 0.29) is 17.9 Å². The topological polar surface area (TPSA) is 70.3 Å². The lowest BCUT2D eigenvalue weighted by Crippen LogP contribution is -2.08. The number of carboxylic acid groups (broad SMARTS) is 1. The summed E-state index contributed by atoms with van der Waals surface area (Å²) in [6, 6.07) is 1.88. The molecule has 0 aliphatic heterocycles. The van der Waals surface area contributed by atoms with Crippen LogP contribution in [-0.4, -0.2) is 17.7 Å². The van der Waals surface area contributed by atoms with E-state index < -0.39 is 5.97 Å². The summed E-state index contributed by atoms with van der Waals surface area (Å²) < 4.78 is 4.91. The minimum Gasteiger partial charge on any atom is -0.486 e. The number of hydrogen-bond donors (Lipinski definition) is 1. The van der Waals surface area contributed by atoms with Crippen molar-refractivity contribution in [1.29, 1.82) is 5.26 Å². The largest absolute Gasteiger partial charge is 0.486 e. The van der Waals surface area contributed by atoms with Gasteiger partial charge in [0.25, 0.3) is 0 Å². The third kappa shape index (κ3) is 3.94. The average molecular weight is 197 g/mol. The van der Waals surface area contributed by atoms with Crippen LogP contribution in [0, 0.1) is 11.3 Å². The molecule has 0 rings (SSSR count). The molecule has 4 heteroatoms. The summed E-state index contributed by atoms with van der Waals surface area (Å²) in [5.41, 5.74) is 0.223. The van der Waals surface area contributed by atoms with E-state index in [9.17, 15) is 4.79 Å². The molecule has 0 aliphatic rings. The Kier molecular flexibility index (Phi) is 6.21. The smallest absolute Gasteiger partial charge is 0.372 e. The van der Waals surface area contributed by atoms with Gasteiger partial charge in [0.1, 0.15) is 0 Å². The third-order valence-electron chi connectivity index (χ3n) is 1.67. The fraction of sp³-hybridized carbons (Fsp3) is 0.600. The number of unbranched alkanes of at least 4 members (excludes halogenated alkanes) is 1. The van der Waals surface area contributed by atoms with Gasteiger partial charge < -0.3 is 9.84 Å². The molecule has 0 aromatic rings. The number of ether oxygens (including phenoxy) is 1. The van der Waals surface area contributed by atoms with Gasteiger partial charge >= 0.3 is 5.97 Å². The van der Waals surface area contributed by atoms with Gasteiger partial charge in [-0.25, -0.2) is 4.79 Å². The van der Waals surface area contributed by atoms with Crippen LogP contribution in [0.15, 0.2) is 11.3 Å². The molecule has 78 valence electrons. The van der Waals surface area contributed by atoms with Crippen molar-refractivity contribution in [2.75, 3.05) is 6.61 Å². The Bertz CT molecular complexity index is 263. The molecule has 4 nitrogen and oxygen atoms in total. The highest BCUT2D eigenvalue weighted by atomic mass is 16.5. The van der Waals surface area contributed by atoms with Crippen molar-refractivity contribution in [3.05, 3.63) is 11.3 Å². The quantitative estimate of drug-likeness (QED) is 0.402. The van der Waals surface area contributed by atoms with E-state index in [0.29, 0.717) is 6.42 Å². The molecule has 1 N–H and O–H groups in total. The minimum atomic E-state index is -1.17. The molecule has 0 amide bonds. The SMILES string of the molecule is CCCC/C(C#N)=C(\OCC)C(=O)O. The van der Waals surface area contributed by atoms with Crippen LogP contribution >= 0.6 is 0 Å². The fourth-order valence-electron chi connectivity index (χ4n) is 0.996. The van der Waals surface area contributed by atoms with Crippen LogP contribution in [0.2, 0.25) is 0 Å². The first-order chi connectivity index (χ1) is 6.67. The summed E-state index contributed by atoms with van der Waals surface area (Å²) in [4.78, 5) is 10.7. The second-order valence-electron chi connectivity index (χ2n) is 2.76. The Balaban J connectivity index is 4.71. The van der Waals surface area contributed by atoms with E-state index in [0.717, 1.165) is 12.8 Å². The third-order valence-corrected chi connectivity index (χ3v) is 1.67. The average Bonchev–Trinajstić information content (AvgIpc) is 2.17. The van der Waals surface area contributed by atoms with Crippen LogP contribution in [0.25, 0.3) is 0 Å². The molecule has 0 unspecified atom stereocenters. The standard InChI is InChI=1S/C10H15NO3/c1-3-5-6-8(7-11)9(10(12)13)14-4-2/h3-6H2,1-2H3,(H,12,13)/b9-8+. The molecule has 0 saturated heterocycles. The summed E-state index contributed by atoms with van der Waals surface area (Å²) in [5, 5.41) is 17.5. The molecule has 0 aromatic carbocycles. The molecule has 0 aliphatic carbocycles. The summed E-state index contributed by atoms with van der Waals surface area (Å²) in [5.74, 6) is -1.37. The summed E-state index contributed by atoms with van der Waals surface area (Å²) in [6.45, 7) is 3.94. The predicted molar refractivity (Wildman–Crippen MR) is 51.4 cm³/mol. The van der Waals surface area contributed by atoms with Gasteiger partial charge in [0.05, 0.1) is 18.2 Å². The first-order valence-corrected chi connectivity index (χ1v) is 4.66. The number of hydrogen-bond acceptors (Lipinski definition) is 3. The number of aliphatic carboxylic acids is 1. The Morgan fingerprint density at radius 1 is 1.50 bits per heavy atom. The number of nitrogens with zero attached hydrogens (tertiary/aromatic N) is 1. The maximum atomic E-state index is 10.7. The molecule has 0 saturated carbocycles. The van der Waals surface area contributed by atoms with Crippen LogP contribution in [-0.2, 0) is 9.53 Å². The maximum Gasteiger partial charge on any atom is 0.372 e. The van der Waals surface area contributed by atoms with Gasteiger partial charge in [-0.3, -0.25) is 0 Å².